The molecule has 2 heterocycles. The molecule has 2 fully saturated rings. The zero-order valence-electron chi connectivity index (χ0n) is 10.5. The summed E-state index contributed by atoms with van der Waals surface area (Å²) in [5, 5.41) is 3.78. The van der Waals surface area contributed by atoms with Gasteiger partial charge in [0.2, 0.25) is 0 Å². The fourth-order valence-corrected chi connectivity index (χ4v) is 3.67. The third-order valence-corrected chi connectivity index (χ3v) is 4.60. The van der Waals surface area contributed by atoms with Crippen LogP contribution in [0.25, 0.3) is 11.0 Å². The van der Waals surface area contributed by atoms with Crippen LogP contribution in [0.4, 0.5) is 0 Å². The van der Waals surface area contributed by atoms with Crippen LogP contribution in [0, 0.1) is 5.92 Å². The van der Waals surface area contributed by atoms with Crippen LogP contribution >= 0.6 is 0 Å². The predicted molar refractivity (Wildman–Crippen MR) is 72.3 cm³/mol. The Balaban J connectivity index is 1.63. The van der Waals surface area contributed by atoms with Gasteiger partial charge in [-0.3, -0.25) is 0 Å². The number of benzene rings is 1. The lowest BCUT2D eigenvalue weighted by molar-refractivity contribution is 0.325. The van der Waals surface area contributed by atoms with E-state index in [9.17, 15) is 0 Å². The molecular weight excluding hydrogens is 222 g/mol. The molecule has 1 aromatic carbocycles. The highest BCUT2D eigenvalue weighted by molar-refractivity contribution is 5.74. The number of fused-ring (bicyclic) bond motifs is 2. The summed E-state index contributed by atoms with van der Waals surface area (Å²) in [6.45, 7) is 0. The summed E-state index contributed by atoms with van der Waals surface area (Å²) in [5.74, 6) is 2.00. The largest absolute Gasteiger partial charge is 0.341 e. The Bertz CT molecular complexity index is 513. The molecule has 0 amide bonds. The molecule has 4 rings (SSSR count). The van der Waals surface area contributed by atoms with Gasteiger partial charge in [-0.05, 0) is 37.3 Å². The SMILES string of the molecule is c1ccc2[nH]c([C@H]3C[C@@H]4CCCC[C@@H]4N3)nc2c1. The Morgan fingerprint density at radius 3 is 2.89 bits per heavy atom. The highest BCUT2D eigenvalue weighted by atomic mass is 15.1. The zero-order chi connectivity index (χ0) is 11.9. The molecule has 0 radical (unpaired) electrons. The number of imidazole rings is 1. The maximum atomic E-state index is 4.73. The third-order valence-electron chi connectivity index (χ3n) is 4.60. The van der Waals surface area contributed by atoms with Gasteiger partial charge in [-0.2, -0.15) is 0 Å². The first-order valence-corrected chi connectivity index (χ1v) is 7.11. The molecule has 1 aromatic heterocycles. The molecule has 3 heteroatoms. The van der Waals surface area contributed by atoms with E-state index in [2.05, 4.69) is 34.6 Å². The van der Waals surface area contributed by atoms with Crippen molar-refractivity contribution in [3.05, 3.63) is 30.1 Å². The second-order valence-corrected chi connectivity index (χ2v) is 5.75. The second-order valence-electron chi connectivity index (χ2n) is 5.75. The topological polar surface area (TPSA) is 40.7 Å². The number of rotatable bonds is 1. The van der Waals surface area contributed by atoms with Crippen molar-refractivity contribution in [2.45, 2.75) is 44.2 Å². The average Bonchev–Trinajstić information content (AvgIpc) is 3.02. The van der Waals surface area contributed by atoms with Crippen molar-refractivity contribution in [3.8, 4) is 0 Å². The Hall–Kier alpha value is -1.35. The first-order valence-electron chi connectivity index (χ1n) is 7.11. The highest BCUT2D eigenvalue weighted by Crippen LogP contribution is 2.38. The molecular formula is C15H19N3. The Morgan fingerprint density at radius 1 is 1.11 bits per heavy atom. The lowest BCUT2D eigenvalue weighted by Gasteiger charge is -2.24. The standard InChI is InChI=1S/C15H19N3/c1-2-6-11-10(5-1)9-14(16-11)15-17-12-7-3-4-8-13(12)18-15/h3-4,7-8,10-11,14,16H,1-2,5-6,9H2,(H,17,18)/t10-,11-,14+/m0/s1. The number of para-hydroxylation sites is 2. The molecule has 0 unspecified atom stereocenters. The first kappa shape index (κ1) is 10.6. The van der Waals surface area contributed by atoms with Gasteiger partial charge in [0.25, 0.3) is 0 Å². The Morgan fingerprint density at radius 2 is 2.00 bits per heavy atom. The van der Waals surface area contributed by atoms with Gasteiger partial charge in [0, 0.05) is 6.04 Å². The maximum Gasteiger partial charge on any atom is 0.124 e. The minimum atomic E-state index is 0.436. The van der Waals surface area contributed by atoms with Crippen LogP contribution in [0.3, 0.4) is 0 Å². The smallest absolute Gasteiger partial charge is 0.124 e. The van der Waals surface area contributed by atoms with Crippen LogP contribution in [0.1, 0.15) is 44.0 Å². The van der Waals surface area contributed by atoms with E-state index >= 15 is 0 Å². The predicted octanol–water partition coefficient (Wildman–Crippen LogP) is 3.16. The first-order chi connectivity index (χ1) is 8.90. The van der Waals surface area contributed by atoms with Crippen LogP contribution in [0.2, 0.25) is 0 Å². The molecule has 2 aliphatic rings. The van der Waals surface area contributed by atoms with E-state index in [0.717, 1.165) is 28.8 Å². The minimum absolute atomic E-state index is 0.436. The summed E-state index contributed by atoms with van der Waals surface area (Å²) in [6.07, 6.45) is 6.80. The summed E-state index contributed by atoms with van der Waals surface area (Å²) in [5.41, 5.74) is 2.24. The van der Waals surface area contributed by atoms with E-state index in [1.165, 1.54) is 32.1 Å². The van der Waals surface area contributed by atoms with Crippen LogP contribution in [-0.4, -0.2) is 16.0 Å². The number of hydrogen-bond acceptors (Lipinski definition) is 2. The number of nitrogens with zero attached hydrogens (tertiary/aromatic N) is 1. The summed E-state index contributed by atoms with van der Waals surface area (Å²) in [7, 11) is 0. The van der Waals surface area contributed by atoms with Crippen molar-refractivity contribution < 1.29 is 0 Å². The van der Waals surface area contributed by atoms with Gasteiger partial charge >= 0.3 is 0 Å². The van der Waals surface area contributed by atoms with E-state index in [1.807, 2.05) is 0 Å². The average molecular weight is 241 g/mol. The van der Waals surface area contributed by atoms with Crippen molar-refractivity contribution >= 4 is 11.0 Å². The number of H-pyrrole nitrogens is 1. The van der Waals surface area contributed by atoms with Crippen LogP contribution in [0.15, 0.2) is 24.3 Å². The van der Waals surface area contributed by atoms with Gasteiger partial charge in [-0.25, -0.2) is 4.98 Å². The molecule has 1 saturated heterocycles. The quantitative estimate of drug-likeness (QED) is 0.805. The highest BCUT2D eigenvalue weighted by Gasteiger charge is 2.36. The van der Waals surface area contributed by atoms with Crippen molar-refractivity contribution in [1.29, 1.82) is 0 Å². The van der Waals surface area contributed by atoms with E-state index in [-0.39, 0.29) is 0 Å². The lowest BCUT2D eigenvalue weighted by Crippen LogP contribution is -2.30. The van der Waals surface area contributed by atoms with Crippen LogP contribution in [-0.2, 0) is 0 Å². The summed E-state index contributed by atoms with van der Waals surface area (Å²) in [4.78, 5) is 8.21. The molecule has 0 bridgehead atoms. The fraction of sp³-hybridized carbons (Fsp3) is 0.533. The van der Waals surface area contributed by atoms with Gasteiger partial charge in [0.1, 0.15) is 5.82 Å². The van der Waals surface area contributed by atoms with Crippen molar-refractivity contribution in [1.82, 2.24) is 15.3 Å². The number of nitrogens with one attached hydrogen (secondary N) is 2. The molecule has 1 aliphatic heterocycles. The fourth-order valence-electron chi connectivity index (χ4n) is 3.67. The number of hydrogen-bond donors (Lipinski definition) is 2. The van der Waals surface area contributed by atoms with Gasteiger partial charge in [0.05, 0.1) is 17.1 Å². The van der Waals surface area contributed by atoms with Gasteiger partial charge in [-0.1, -0.05) is 25.0 Å². The lowest BCUT2D eigenvalue weighted by atomic mass is 9.85. The van der Waals surface area contributed by atoms with Gasteiger partial charge < -0.3 is 10.3 Å². The van der Waals surface area contributed by atoms with Crippen LogP contribution < -0.4 is 5.32 Å². The molecule has 18 heavy (non-hydrogen) atoms. The summed E-state index contributed by atoms with van der Waals surface area (Å²) in [6, 6.07) is 9.47. The Labute approximate surface area is 107 Å². The van der Waals surface area contributed by atoms with E-state index < -0.39 is 0 Å². The molecule has 2 N–H and O–H groups in total. The van der Waals surface area contributed by atoms with Crippen LogP contribution in [0.5, 0.6) is 0 Å². The molecule has 0 spiro atoms. The third kappa shape index (κ3) is 1.65. The summed E-state index contributed by atoms with van der Waals surface area (Å²) >= 11 is 0. The normalized spacial score (nSPS) is 31.7. The van der Waals surface area contributed by atoms with E-state index in [4.69, 9.17) is 4.98 Å². The number of aromatic amines is 1. The van der Waals surface area contributed by atoms with E-state index in [0.29, 0.717) is 6.04 Å². The molecule has 94 valence electrons. The zero-order valence-corrected chi connectivity index (χ0v) is 10.5. The van der Waals surface area contributed by atoms with E-state index in [1.54, 1.807) is 0 Å². The maximum absolute atomic E-state index is 4.73. The van der Waals surface area contributed by atoms with Crippen molar-refractivity contribution in [3.63, 3.8) is 0 Å². The molecule has 2 aromatic rings. The molecule has 3 nitrogen and oxygen atoms in total. The molecule has 1 aliphatic carbocycles. The van der Waals surface area contributed by atoms with Gasteiger partial charge in [0.15, 0.2) is 0 Å². The molecule has 3 atom stereocenters. The monoisotopic (exact) mass is 241 g/mol. The minimum Gasteiger partial charge on any atom is -0.341 e. The second kappa shape index (κ2) is 4.09. The molecule has 1 saturated carbocycles. The van der Waals surface area contributed by atoms with Crippen molar-refractivity contribution in [2.24, 2.45) is 5.92 Å². The Kier molecular flexibility index (Phi) is 2.40. The van der Waals surface area contributed by atoms with Crippen molar-refractivity contribution in [2.75, 3.05) is 0 Å². The number of aromatic nitrogens is 2. The summed E-state index contributed by atoms with van der Waals surface area (Å²) < 4.78 is 0. The van der Waals surface area contributed by atoms with Gasteiger partial charge in [-0.15, -0.1) is 0 Å².